The quantitative estimate of drug-likeness (QED) is 0.210. The van der Waals surface area contributed by atoms with Gasteiger partial charge in [-0.15, -0.1) is 0 Å². The number of benzene rings is 4. The first-order chi connectivity index (χ1) is 18.1. The van der Waals surface area contributed by atoms with Gasteiger partial charge >= 0.3 is 0 Å². The van der Waals surface area contributed by atoms with Gasteiger partial charge in [0.25, 0.3) is 0 Å². The molecule has 1 N–H and O–H groups in total. The molecule has 37 heavy (non-hydrogen) atoms. The molecular formula is C34H39NOSi. The molecule has 1 unspecified atom stereocenters. The molecule has 4 rings (SSSR count). The van der Waals surface area contributed by atoms with Crippen LogP contribution in [-0.2, 0) is 11.2 Å². The highest BCUT2D eigenvalue weighted by molar-refractivity contribution is 7.02. The van der Waals surface area contributed by atoms with Crippen molar-refractivity contribution in [1.82, 2.24) is 5.32 Å². The average molecular weight is 506 g/mol. The van der Waals surface area contributed by atoms with Crippen LogP contribution in [0.1, 0.15) is 48.9 Å². The predicted molar refractivity (Wildman–Crippen MR) is 159 cm³/mol. The van der Waals surface area contributed by atoms with Crippen LogP contribution in [-0.4, -0.2) is 14.0 Å². The van der Waals surface area contributed by atoms with Gasteiger partial charge in [-0.3, -0.25) is 4.79 Å². The molecular weight excluding hydrogens is 466 g/mol. The van der Waals surface area contributed by atoms with Gasteiger partial charge in [0.2, 0.25) is 5.91 Å². The standard InChI is InChI=1S/C34H39NOSi/c1-3-4-25-37(31-16-10-6-11-17-31,32-18-12-7-13-19-32)26-24-34(36)35-33(30-14-8-5-9-15-30)27-29-22-20-28(2)21-23-29/h5-23,33H,3-4,24-27H2,1-2H3,(H,35,36). The van der Waals surface area contributed by atoms with Crippen LogP contribution in [0, 0.1) is 6.92 Å². The van der Waals surface area contributed by atoms with Gasteiger partial charge in [-0.25, -0.2) is 0 Å². The van der Waals surface area contributed by atoms with E-state index in [1.807, 2.05) is 6.07 Å². The lowest BCUT2D eigenvalue weighted by Gasteiger charge is -2.33. The summed E-state index contributed by atoms with van der Waals surface area (Å²) in [6.07, 6.45) is 3.66. The lowest BCUT2D eigenvalue weighted by atomic mass is 9.98. The zero-order chi connectivity index (χ0) is 25.9. The fraction of sp³-hybridized carbons (Fsp3) is 0.265. The number of unbranched alkanes of at least 4 members (excludes halogenated alkanes) is 1. The zero-order valence-corrected chi connectivity index (χ0v) is 23.2. The van der Waals surface area contributed by atoms with Crippen molar-refractivity contribution >= 4 is 24.4 Å². The number of carbonyl (C=O) groups is 1. The van der Waals surface area contributed by atoms with E-state index in [1.54, 1.807) is 0 Å². The summed E-state index contributed by atoms with van der Waals surface area (Å²) in [5, 5.41) is 6.28. The Hall–Kier alpha value is -3.43. The number of carbonyl (C=O) groups excluding carboxylic acids is 1. The first-order valence-corrected chi connectivity index (χ1v) is 16.0. The number of hydrogen-bond donors (Lipinski definition) is 1. The minimum atomic E-state index is -2.10. The summed E-state index contributed by atoms with van der Waals surface area (Å²) in [6, 6.07) is 43.0. The van der Waals surface area contributed by atoms with Crippen LogP contribution in [0.3, 0.4) is 0 Å². The van der Waals surface area contributed by atoms with Crippen molar-refractivity contribution in [2.75, 3.05) is 0 Å². The van der Waals surface area contributed by atoms with Gasteiger partial charge in [-0.05, 0) is 36.6 Å². The van der Waals surface area contributed by atoms with Crippen molar-refractivity contribution in [2.24, 2.45) is 0 Å². The smallest absolute Gasteiger partial charge is 0.220 e. The first-order valence-electron chi connectivity index (χ1n) is 13.6. The largest absolute Gasteiger partial charge is 0.349 e. The second-order valence-electron chi connectivity index (χ2n) is 10.1. The summed E-state index contributed by atoms with van der Waals surface area (Å²) in [5.74, 6) is 0.140. The molecule has 0 fully saturated rings. The summed E-state index contributed by atoms with van der Waals surface area (Å²) in [6.45, 7) is 4.37. The third kappa shape index (κ3) is 7.08. The van der Waals surface area contributed by atoms with Gasteiger partial charge in [0, 0.05) is 6.42 Å². The predicted octanol–water partition coefficient (Wildman–Crippen LogP) is 6.85. The second-order valence-corrected chi connectivity index (χ2v) is 14.5. The molecule has 4 aromatic rings. The molecule has 0 aliphatic carbocycles. The van der Waals surface area contributed by atoms with Gasteiger partial charge in [0.1, 0.15) is 8.07 Å². The summed E-state index contributed by atoms with van der Waals surface area (Å²) in [5.41, 5.74) is 3.64. The van der Waals surface area contributed by atoms with Crippen LogP contribution in [0.2, 0.25) is 12.1 Å². The summed E-state index contributed by atoms with van der Waals surface area (Å²) in [4.78, 5) is 13.6. The highest BCUT2D eigenvalue weighted by atomic mass is 28.3. The van der Waals surface area contributed by atoms with E-state index in [2.05, 4.69) is 128 Å². The maximum Gasteiger partial charge on any atom is 0.220 e. The Labute approximate surface area is 223 Å². The third-order valence-electron chi connectivity index (χ3n) is 7.49. The molecule has 1 atom stereocenters. The Morgan fingerprint density at radius 3 is 1.81 bits per heavy atom. The summed E-state index contributed by atoms with van der Waals surface area (Å²) < 4.78 is 0. The minimum Gasteiger partial charge on any atom is -0.349 e. The average Bonchev–Trinajstić information content (AvgIpc) is 2.95. The van der Waals surface area contributed by atoms with E-state index < -0.39 is 8.07 Å². The number of hydrogen-bond acceptors (Lipinski definition) is 1. The highest BCUT2D eigenvalue weighted by Crippen LogP contribution is 2.24. The zero-order valence-electron chi connectivity index (χ0n) is 22.2. The molecule has 0 radical (unpaired) electrons. The molecule has 0 aromatic heterocycles. The van der Waals surface area contributed by atoms with Crippen molar-refractivity contribution in [2.45, 2.75) is 57.7 Å². The number of rotatable bonds is 12. The van der Waals surface area contributed by atoms with E-state index >= 15 is 0 Å². The SMILES string of the molecule is CCCC[Si](CCC(=O)NC(Cc1ccc(C)cc1)c1ccccc1)(c1ccccc1)c1ccccc1. The Kier molecular flexibility index (Phi) is 9.50. The molecule has 0 aliphatic heterocycles. The van der Waals surface area contributed by atoms with E-state index in [-0.39, 0.29) is 11.9 Å². The monoisotopic (exact) mass is 505 g/mol. The van der Waals surface area contributed by atoms with E-state index in [0.29, 0.717) is 6.42 Å². The molecule has 3 heteroatoms. The van der Waals surface area contributed by atoms with Crippen LogP contribution in [0.25, 0.3) is 0 Å². The lowest BCUT2D eigenvalue weighted by molar-refractivity contribution is -0.121. The first kappa shape index (κ1) is 26.6. The number of aryl methyl sites for hydroxylation is 1. The van der Waals surface area contributed by atoms with E-state index in [9.17, 15) is 4.79 Å². The molecule has 0 aliphatic rings. The molecule has 2 nitrogen and oxygen atoms in total. The van der Waals surface area contributed by atoms with Gasteiger partial charge < -0.3 is 5.32 Å². The van der Waals surface area contributed by atoms with Crippen LogP contribution in [0.15, 0.2) is 115 Å². The summed E-state index contributed by atoms with van der Waals surface area (Å²) >= 11 is 0. The Bertz CT molecular complexity index is 1180. The van der Waals surface area contributed by atoms with Crippen LogP contribution < -0.4 is 15.7 Å². The Balaban J connectivity index is 1.57. The lowest BCUT2D eigenvalue weighted by Crippen LogP contribution is -2.58. The van der Waals surface area contributed by atoms with Crippen LogP contribution in [0.4, 0.5) is 0 Å². The van der Waals surface area contributed by atoms with E-state index in [1.165, 1.54) is 27.9 Å². The topological polar surface area (TPSA) is 29.1 Å². The van der Waals surface area contributed by atoms with Crippen molar-refractivity contribution in [3.63, 3.8) is 0 Å². The Morgan fingerprint density at radius 2 is 1.27 bits per heavy atom. The molecule has 1 amide bonds. The molecule has 190 valence electrons. The summed E-state index contributed by atoms with van der Waals surface area (Å²) in [7, 11) is -2.10. The number of nitrogens with one attached hydrogen (secondary N) is 1. The molecule has 0 bridgehead atoms. The minimum absolute atomic E-state index is 0.0448. The van der Waals surface area contributed by atoms with Gasteiger partial charge in [-0.1, -0.05) is 151 Å². The molecule has 0 heterocycles. The van der Waals surface area contributed by atoms with Gasteiger partial charge in [-0.2, -0.15) is 0 Å². The number of amides is 1. The molecule has 4 aromatic carbocycles. The van der Waals surface area contributed by atoms with E-state index in [4.69, 9.17) is 0 Å². The fourth-order valence-electron chi connectivity index (χ4n) is 5.35. The fourth-order valence-corrected chi connectivity index (χ4v) is 10.4. The van der Waals surface area contributed by atoms with Crippen LogP contribution >= 0.6 is 0 Å². The maximum absolute atomic E-state index is 13.6. The second kappa shape index (κ2) is 13.2. The van der Waals surface area contributed by atoms with Crippen molar-refractivity contribution in [3.8, 4) is 0 Å². The van der Waals surface area contributed by atoms with Gasteiger partial charge in [0.15, 0.2) is 0 Å². The Morgan fingerprint density at radius 1 is 0.730 bits per heavy atom. The van der Waals surface area contributed by atoms with E-state index in [0.717, 1.165) is 30.5 Å². The third-order valence-corrected chi connectivity index (χ3v) is 12.7. The highest BCUT2D eigenvalue weighted by Gasteiger charge is 2.36. The van der Waals surface area contributed by atoms with Crippen molar-refractivity contribution in [1.29, 1.82) is 0 Å². The maximum atomic E-state index is 13.6. The molecule has 0 saturated heterocycles. The molecule has 0 saturated carbocycles. The van der Waals surface area contributed by atoms with Crippen LogP contribution in [0.5, 0.6) is 0 Å². The van der Waals surface area contributed by atoms with Crippen molar-refractivity contribution < 1.29 is 4.79 Å². The van der Waals surface area contributed by atoms with Gasteiger partial charge in [0.05, 0.1) is 6.04 Å². The normalized spacial score (nSPS) is 12.2. The molecule has 0 spiro atoms. The van der Waals surface area contributed by atoms with Crippen molar-refractivity contribution in [3.05, 3.63) is 132 Å².